The van der Waals surface area contributed by atoms with Gasteiger partial charge in [0.2, 0.25) is 15.9 Å². The number of sulfonamides is 1. The van der Waals surface area contributed by atoms with Crippen molar-refractivity contribution in [1.29, 1.82) is 0 Å². The summed E-state index contributed by atoms with van der Waals surface area (Å²) in [5.74, 6) is -0.259. The number of benzene rings is 1. The maximum Gasteiger partial charge on any atom is 0.402 e. The summed E-state index contributed by atoms with van der Waals surface area (Å²) in [4.78, 5) is 11.8. The predicted octanol–water partition coefficient (Wildman–Crippen LogP) is 1.89. The SMILES string of the molecule is Cl.O=C(Nc1ccc(S(=O)(=O)NCC(F)(F)F)cc1)C1CCNCC1. The standard InChI is InChI=1S/C14H18F3N3O3S.ClH/c15-14(16,17)9-19-24(22,23)12-3-1-11(2-4-12)20-13(21)10-5-7-18-8-6-10;/h1-4,10,18-19H,5-9H2,(H,20,21);1H. The molecule has 3 N–H and O–H groups in total. The molecule has 1 saturated heterocycles. The number of halogens is 4. The molecule has 2 rings (SSSR count). The molecule has 0 saturated carbocycles. The molecular weight excluding hydrogens is 383 g/mol. The van der Waals surface area contributed by atoms with Crippen molar-refractivity contribution in [3.63, 3.8) is 0 Å². The summed E-state index contributed by atoms with van der Waals surface area (Å²) in [6, 6.07) is 5.00. The lowest BCUT2D eigenvalue weighted by Crippen LogP contribution is -2.34. The Balaban J connectivity index is 0.00000312. The molecule has 6 nitrogen and oxygen atoms in total. The van der Waals surface area contributed by atoms with E-state index >= 15 is 0 Å². The Morgan fingerprint density at radius 1 is 1.16 bits per heavy atom. The van der Waals surface area contributed by atoms with Crippen molar-refractivity contribution in [2.75, 3.05) is 25.0 Å². The number of piperidine rings is 1. The van der Waals surface area contributed by atoms with E-state index in [0.29, 0.717) is 5.69 Å². The Kier molecular flexibility index (Phi) is 7.66. The van der Waals surface area contributed by atoms with Crippen LogP contribution in [0.2, 0.25) is 0 Å². The number of rotatable bonds is 5. The molecule has 1 fully saturated rings. The predicted molar refractivity (Wildman–Crippen MR) is 89.2 cm³/mol. The summed E-state index contributed by atoms with van der Waals surface area (Å²) in [6.45, 7) is -0.107. The summed E-state index contributed by atoms with van der Waals surface area (Å²) in [7, 11) is -4.25. The molecule has 142 valence electrons. The second-order valence-corrected chi connectivity index (χ2v) is 7.24. The van der Waals surface area contributed by atoms with Gasteiger partial charge >= 0.3 is 6.18 Å². The Hall–Kier alpha value is -1.36. The zero-order chi connectivity index (χ0) is 17.8. The van der Waals surface area contributed by atoms with Crippen molar-refractivity contribution in [1.82, 2.24) is 10.0 Å². The van der Waals surface area contributed by atoms with Crippen LogP contribution in [-0.2, 0) is 14.8 Å². The first-order valence-electron chi connectivity index (χ1n) is 7.35. The van der Waals surface area contributed by atoms with Crippen LogP contribution in [0.1, 0.15) is 12.8 Å². The zero-order valence-corrected chi connectivity index (χ0v) is 14.7. The van der Waals surface area contributed by atoms with Gasteiger partial charge in [0.15, 0.2) is 0 Å². The number of hydrogen-bond acceptors (Lipinski definition) is 4. The van der Waals surface area contributed by atoms with Crippen molar-refractivity contribution in [3.8, 4) is 0 Å². The minimum Gasteiger partial charge on any atom is -0.326 e. The van der Waals surface area contributed by atoms with Crippen LogP contribution in [0.3, 0.4) is 0 Å². The molecule has 25 heavy (non-hydrogen) atoms. The summed E-state index contributed by atoms with van der Waals surface area (Å²) in [6.07, 6.45) is -3.19. The van der Waals surface area contributed by atoms with Crippen LogP contribution >= 0.6 is 12.4 Å². The molecule has 0 radical (unpaired) electrons. The van der Waals surface area contributed by atoms with Crippen molar-refractivity contribution in [2.24, 2.45) is 5.92 Å². The van der Waals surface area contributed by atoms with Gasteiger partial charge in [-0.2, -0.15) is 13.2 Å². The second kappa shape index (κ2) is 8.84. The van der Waals surface area contributed by atoms with Gasteiger partial charge in [0.1, 0.15) is 6.54 Å². The van der Waals surface area contributed by atoms with Crippen LogP contribution in [0, 0.1) is 5.92 Å². The minimum absolute atomic E-state index is 0. The molecule has 0 atom stereocenters. The molecule has 1 aromatic rings. The quantitative estimate of drug-likeness (QED) is 0.703. The van der Waals surface area contributed by atoms with Crippen LogP contribution in [0.4, 0.5) is 18.9 Å². The van der Waals surface area contributed by atoms with E-state index < -0.39 is 22.7 Å². The highest BCUT2D eigenvalue weighted by molar-refractivity contribution is 7.89. The lowest BCUT2D eigenvalue weighted by Gasteiger charge is -2.21. The highest BCUT2D eigenvalue weighted by Crippen LogP contribution is 2.19. The van der Waals surface area contributed by atoms with Crippen LogP contribution in [0.5, 0.6) is 0 Å². The van der Waals surface area contributed by atoms with Gasteiger partial charge in [-0.15, -0.1) is 12.4 Å². The maximum absolute atomic E-state index is 12.1. The molecule has 1 aliphatic rings. The molecule has 0 unspecified atom stereocenters. The molecule has 0 spiro atoms. The van der Waals surface area contributed by atoms with E-state index in [1.807, 2.05) is 0 Å². The monoisotopic (exact) mass is 401 g/mol. The Bertz CT molecular complexity index is 675. The number of carbonyl (C=O) groups is 1. The molecular formula is C14H19ClF3N3O3S. The van der Waals surface area contributed by atoms with Gasteiger partial charge in [-0.1, -0.05) is 0 Å². The normalized spacial score (nSPS) is 16.1. The molecule has 1 aliphatic heterocycles. The highest BCUT2D eigenvalue weighted by atomic mass is 35.5. The van der Waals surface area contributed by atoms with Gasteiger partial charge in [0.25, 0.3) is 0 Å². The summed E-state index contributed by atoms with van der Waals surface area (Å²) >= 11 is 0. The van der Waals surface area contributed by atoms with Crippen molar-refractivity contribution in [2.45, 2.75) is 23.9 Å². The van der Waals surface area contributed by atoms with Gasteiger partial charge in [-0.25, -0.2) is 13.1 Å². The van der Waals surface area contributed by atoms with Crippen LogP contribution < -0.4 is 15.4 Å². The van der Waals surface area contributed by atoms with E-state index in [2.05, 4.69) is 10.6 Å². The van der Waals surface area contributed by atoms with Gasteiger partial charge in [-0.3, -0.25) is 4.79 Å². The Morgan fingerprint density at radius 3 is 2.24 bits per heavy atom. The molecule has 1 aromatic carbocycles. The average Bonchev–Trinajstić information content (AvgIpc) is 2.54. The summed E-state index contributed by atoms with van der Waals surface area (Å²) in [5.41, 5.74) is 0.397. The Morgan fingerprint density at radius 2 is 1.72 bits per heavy atom. The minimum atomic E-state index is -4.63. The fourth-order valence-corrected chi connectivity index (χ4v) is 3.32. The zero-order valence-electron chi connectivity index (χ0n) is 13.1. The molecule has 0 bridgehead atoms. The van der Waals surface area contributed by atoms with E-state index in [1.54, 1.807) is 0 Å². The van der Waals surface area contributed by atoms with E-state index in [-0.39, 0.29) is 29.1 Å². The third-order valence-corrected chi connectivity index (χ3v) is 5.02. The van der Waals surface area contributed by atoms with Gasteiger partial charge in [-0.05, 0) is 50.2 Å². The van der Waals surface area contributed by atoms with E-state index in [0.717, 1.165) is 38.1 Å². The highest BCUT2D eigenvalue weighted by Gasteiger charge is 2.30. The molecule has 11 heteroatoms. The Labute approximate surface area is 150 Å². The summed E-state index contributed by atoms with van der Waals surface area (Å²) in [5, 5.41) is 5.83. The smallest absolute Gasteiger partial charge is 0.326 e. The fourth-order valence-electron chi connectivity index (χ4n) is 2.31. The van der Waals surface area contributed by atoms with Crippen LogP contribution in [0.25, 0.3) is 0 Å². The number of alkyl halides is 3. The lowest BCUT2D eigenvalue weighted by molar-refractivity contribution is -0.121. The van der Waals surface area contributed by atoms with Gasteiger partial charge < -0.3 is 10.6 Å². The maximum atomic E-state index is 12.1. The third kappa shape index (κ3) is 6.81. The molecule has 0 aromatic heterocycles. The first-order valence-corrected chi connectivity index (χ1v) is 8.84. The van der Waals surface area contributed by atoms with Crippen molar-refractivity contribution >= 4 is 34.0 Å². The third-order valence-electron chi connectivity index (χ3n) is 3.60. The lowest BCUT2D eigenvalue weighted by atomic mass is 9.97. The topological polar surface area (TPSA) is 87.3 Å². The van der Waals surface area contributed by atoms with Crippen LogP contribution in [0.15, 0.2) is 29.2 Å². The number of amides is 1. The first-order chi connectivity index (χ1) is 11.2. The second-order valence-electron chi connectivity index (χ2n) is 5.48. The summed E-state index contributed by atoms with van der Waals surface area (Å²) < 4.78 is 61.3. The van der Waals surface area contributed by atoms with Crippen molar-refractivity contribution in [3.05, 3.63) is 24.3 Å². The van der Waals surface area contributed by atoms with E-state index in [9.17, 15) is 26.4 Å². The largest absolute Gasteiger partial charge is 0.402 e. The molecule has 0 aliphatic carbocycles. The molecule has 1 amide bonds. The number of nitrogens with one attached hydrogen (secondary N) is 3. The molecule has 1 heterocycles. The van der Waals surface area contributed by atoms with Crippen molar-refractivity contribution < 1.29 is 26.4 Å². The average molecular weight is 402 g/mol. The van der Waals surface area contributed by atoms with Crippen LogP contribution in [-0.4, -0.2) is 40.1 Å². The van der Waals surface area contributed by atoms with E-state index in [1.165, 1.54) is 16.9 Å². The number of anilines is 1. The van der Waals surface area contributed by atoms with Gasteiger partial charge in [0.05, 0.1) is 4.90 Å². The van der Waals surface area contributed by atoms with Gasteiger partial charge in [0, 0.05) is 11.6 Å². The number of hydrogen-bond donors (Lipinski definition) is 3. The van der Waals surface area contributed by atoms with E-state index in [4.69, 9.17) is 0 Å². The fraction of sp³-hybridized carbons (Fsp3) is 0.500. The number of carbonyl (C=O) groups excluding carboxylic acids is 1. The first kappa shape index (κ1) is 21.7.